The second-order valence-electron chi connectivity index (χ2n) is 10.4. The first kappa shape index (κ1) is 23.0. The number of aromatic nitrogens is 3. The minimum Gasteiger partial charge on any atom is -0.507 e. The van der Waals surface area contributed by atoms with Crippen molar-refractivity contribution in [1.82, 2.24) is 14.8 Å². The van der Waals surface area contributed by atoms with E-state index in [9.17, 15) is 9.90 Å². The van der Waals surface area contributed by atoms with Crippen LogP contribution in [0.4, 0.5) is 0 Å². The van der Waals surface area contributed by atoms with E-state index in [-0.39, 0.29) is 16.7 Å². The number of carbonyl (C=O) groups is 1. The maximum atomic E-state index is 12.9. The van der Waals surface area contributed by atoms with Gasteiger partial charge in [-0.2, -0.15) is 9.78 Å². The molecule has 31 heavy (non-hydrogen) atoms. The lowest BCUT2D eigenvalue weighted by atomic mass is 9.78. The topological polar surface area (TPSA) is 68.0 Å². The second kappa shape index (κ2) is 8.45. The number of pyridine rings is 1. The SMILES string of the molecule is CCCCCC(=O)n1nc(-c2cc(C(C)(C)C)c(O)c(C(C)(C)C)c2)c2cccnc21. The summed E-state index contributed by atoms with van der Waals surface area (Å²) >= 11 is 0. The Morgan fingerprint density at radius 3 is 2.19 bits per heavy atom. The largest absolute Gasteiger partial charge is 0.507 e. The molecule has 0 amide bonds. The first-order valence-corrected chi connectivity index (χ1v) is 11.2. The predicted octanol–water partition coefficient (Wildman–Crippen LogP) is 6.62. The number of nitrogens with zero attached hydrogens (tertiary/aromatic N) is 3. The molecule has 0 saturated heterocycles. The van der Waals surface area contributed by atoms with E-state index in [1.54, 1.807) is 6.20 Å². The molecule has 1 aromatic carbocycles. The van der Waals surface area contributed by atoms with Gasteiger partial charge in [-0.05, 0) is 41.5 Å². The van der Waals surface area contributed by atoms with Gasteiger partial charge in [0.2, 0.25) is 5.91 Å². The molecule has 166 valence electrons. The fraction of sp³-hybridized carbons (Fsp3) is 0.500. The van der Waals surface area contributed by atoms with E-state index in [1.165, 1.54) is 4.68 Å². The zero-order valence-corrected chi connectivity index (χ0v) is 19.9. The Bertz CT molecular complexity index is 1060. The van der Waals surface area contributed by atoms with Crippen LogP contribution in [-0.4, -0.2) is 25.8 Å². The lowest BCUT2D eigenvalue weighted by molar-refractivity contribution is 0.0888. The molecule has 0 aliphatic rings. The van der Waals surface area contributed by atoms with Crippen LogP contribution in [0.5, 0.6) is 5.75 Å². The number of hydrogen-bond donors (Lipinski definition) is 1. The second-order valence-corrected chi connectivity index (χ2v) is 10.4. The van der Waals surface area contributed by atoms with Crippen molar-refractivity contribution in [2.75, 3.05) is 0 Å². The molecular weight excluding hydrogens is 386 g/mol. The van der Waals surface area contributed by atoms with Crippen molar-refractivity contribution in [3.05, 3.63) is 41.6 Å². The van der Waals surface area contributed by atoms with Gasteiger partial charge in [-0.15, -0.1) is 0 Å². The number of unbranched alkanes of at least 4 members (excludes halogenated alkanes) is 2. The number of rotatable bonds is 5. The standard InChI is InChI=1S/C26H35N3O2/c1-8-9-10-13-21(30)29-24-18(12-11-14-27-24)22(28-29)17-15-19(25(2,3)4)23(31)20(16-17)26(5,6)7/h11-12,14-16,31H,8-10,13H2,1-7H3. The van der Waals surface area contributed by atoms with E-state index in [0.29, 0.717) is 17.8 Å². The van der Waals surface area contributed by atoms with Gasteiger partial charge >= 0.3 is 0 Å². The van der Waals surface area contributed by atoms with Crippen LogP contribution in [0.15, 0.2) is 30.5 Å². The Hall–Kier alpha value is -2.69. The molecule has 0 bridgehead atoms. The molecular formula is C26H35N3O2. The number of phenolic OH excluding ortho intramolecular Hbond substituents is 1. The molecule has 0 saturated carbocycles. The van der Waals surface area contributed by atoms with Crippen molar-refractivity contribution in [1.29, 1.82) is 0 Å². The third kappa shape index (κ3) is 4.65. The van der Waals surface area contributed by atoms with Gasteiger partial charge in [0.1, 0.15) is 11.4 Å². The average Bonchev–Trinajstić information content (AvgIpc) is 3.06. The fourth-order valence-electron chi connectivity index (χ4n) is 3.89. The predicted molar refractivity (Wildman–Crippen MR) is 127 cm³/mol. The molecule has 0 atom stereocenters. The molecule has 5 nitrogen and oxygen atoms in total. The third-order valence-corrected chi connectivity index (χ3v) is 5.67. The normalized spacial score (nSPS) is 12.5. The molecule has 1 N–H and O–H groups in total. The van der Waals surface area contributed by atoms with E-state index >= 15 is 0 Å². The number of fused-ring (bicyclic) bond motifs is 1. The van der Waals surface area contributed by atoms with Gasteiger partial charge in [-0.3, -0.25) is 4.79 Å². The number of hydrogen-bond acceptors (Lipinski definition) is 4. The van der Waals surface area contributed by atoms with E-state index in [2.05, 4.69) is 53.5 Å². The third-order valence-electron chi connectivity index (χ3n) is 5.67. The molecule has 0 fully saturated rings. The highest BCUT2D eigenvalue weighted by molar-refractivity contribution is 5.97. The van der Waals surface area contributed by atoms with Gasteiger partial charge < -0.3 is 5.11 Å². The van der Waals surface area contributed by atoms with Crippen molar-refractivity contribution in [2.45, 2.75) is 85.0 Å². The van der Waals surface area contributed by atoms with Gasteiger partial charge in [-0.25, -0.2) is 4.98 Å². The summed E-state index contributed by atoms with van der Waals surface area (Å²) < 4.78 is 1.46. The number of aromatic hydroxyl groups is 1. The molecule has 0 spiro atoms. The van der Waals surface area contributed by atoms with Crippen LogP contribution in [0.2, 0.25) is 0 Å². The summed E-state index contributed by atoms with van der Waals surface area (Å²) in [6.07, 6.45) is 5.08. The molecule has 2 heterocycles. The minimum atomic E-state index is -0.243. The lowest BCUT2D eigenvalue weighted by Crippen LogP contribution is -2.17. The monoisotopic (exact) mass is 421 g/mol. The van der Waals surface area contributed by atoms with Crippen molar-refractivity contribution in [2.24, 2.45) is 0 Å². The summed E-state index contributed by atoms with van der Waals surface area (Å²) in [7, 11) is 0. The molecule has 0 radical (unpaired) electrons. The highest BCUT2D eigenvalue weighted by Gasteiger charge is 2.28. The summed E-state index contributed by atoms with van der Waals surface area (Å²) in [5.41, 5.74) is 3.46. The summed E-state index contributed by atoms with van der Waals surface area (Å²) in [6.45, 7) is 14.7. The highest BCUT2D eigenvalue weighted by atomic mass is 16.3. The maximum Gasteiger partial charge on any atom is 0.248 e. The molecule has 0 aliphatic carbocycles. The molecule has 5 heteroatoms. The van der Waals surface area contributed by atoms with Crippen LogP contribution in [0, 0.1) is 0 Å². The van der Waals surface area contributed by atoms with Crippen LogP contribution in [0.3, 0.4) is 0 Å². The summed E-state index contributed by atoms with van der Waals surface area (Å²) in [6, 6.07) is 7.84. The quantitative estimate of drug-likeness (QED) is 0.470. The molecule has 3 aromatic rings. The van der Waals surface area contributed by atoms with E-state index in [1.807, 2.05) is 24.3 Å². The Balaban J connectivity index is 2.23. The van der Waals surface area contributed by atoms with Crippen LogP contribution in [-0.2, 0) is 10.8 Å². The fourth-order valence-corrected chi connectivity index (χ4v) is 3.89. The Morgan fingerprint density at radius 2 is 1.65 bits per heavy atom. The van der Waals surface area contributed by atoms with Gasteiger partial charge in [0.05, 0.1) is 0 Å². The zero-order valence-electron chi connectivity index (χ0n) is 19.9. The van der Waals surface area contributed by atoms with E-state index < -0.39 is 0 Å². The van der Waals surface area contributed by atoms with Crippen molar-refractivity contribution >= 4 is 16.9 Å². The van der Waals surface area contributed by atoms with E-state index in [4.69, 9.17) is 5.10 Å². The van der Waals surface area contributed by atoms with Crippen LogP contribution >= 0.6 is 0 Å². The van der Waals surface area contributed by atoms with Gasteiger partial charge in [0.15, 0.2) is 5.65 Å². The summed E-state index contributed by atoms with van der Waals surface area (Å²) in [5, 5.41) is 16.6. The summed E-state index contributed by atoms with van der Waals surface area (Å²) in [5.74, 6) is 0.301. The zero-order chi connectivity index (χ0) is 23.0. The number of carbonyl (C=O) groups excluding carboxylic acids is 1. The minimum absolute atomic E-state index is 0.0331. The van der Waals surface area contributed by atoms with Crippen molar-refractivity contribution in [3.63, 3.8) is 0 Å². The first-order chi connectivity index (χ1) is 14.4. The Labute approximate surface area is 185 Å². The molecule has 2 aromatic heterocycles. The van der Waals surface area contributed by atoms with Crippen molar-refractivity contribution in [3.8, 4) is 17.0 Å². The molecule has 0 unspecified atom stereocenters. The maximum absolute atomic E-state index is 12.9. The number of benzene rings is 1. The van der Waals surface area contributed by atoms with Gasteiger partial charge in [0, 0.05) is 34.7 Å². The average molecular weight is 422 g/mol. The first-order valence-electron chi connectivity index (χ1n) is 11.2. The number of phenols is 1. The Morgan fingerprint density at radius 1 is 1.03 bits per heavy atom. The molecule has 3 rings (SSSR count). The smallest absolute Gasteiger partial charge is 0.248 e. The van der Waals surface area contributed by atoms with E-state index in [0.717, 1.165) is 47.0 Å². The Kier molecular flexibility index (Phi) is 6.26. The van der Waals surface area contributed by atoms with Crippen LogP contribution < -0.4 is 0 Å². The summed E-state index contributed by atoms with van der Waals surface area (Å²) in [4.78, 5) is 17.4. The van der Waals surface area contributed by atoms with Gasteiger partial charge in [-0.1, -0.05) is 61.3 Å². The van der Waals surface area contributed by atoms with Crippen molar-refractivity contribution < 1.29 is 9.90 Å². The van der Waals surface area contributed by atoms with Crippen LogP contribution in [0.25, 0.3) is 22.3 Å². The molecule has 0 aliphatic heterocycles. The van der Waals surface area contributed by atoms with Crippen LogP contribution in [0.1, 0.15) is 90.1 Å². The lowest BCUT2D eigenvalue weighted by Gasteiger charge is -2.28. The highest BCUT2D eigenvalue weighted by Crippen LogP contribution is 2.42. The van der Waals surface area contributed by atoms with Gasteiger partial charge in [0.25, 0.3) is 0 Å².